The van der Waals surface area contributed by atoms with Crippen LogP contribution >= 0.6 is 0 Å². The summed E-state index contributed by atoms with van der Waals surface area (Å²) in [5, 5.41) is 0. The fourth-order valence-electron chi connectivity index (χ4n) is 2.70. The second kappa shape index (κ2) is 7.06. The van der Waals surface area contributed by atoms with Crippen LogP contribution in [0.5, 0.6) is 0 Å². The maximum absolute atomic E-state index is 12.2. The van der Waals surface area contributed by atoms with Crippen LogP contribution in [0.4, 0.5) is 4.79 Å². The van der Waals surface area contributed by atoms with Gasteiger partial charge < -0.3 is 9.47 Å². The van der Waals surface area contributed by atoms with Gasteiger partial charge in [0.2, 0.25) is 0 Å². The fourth-order valence-corrected chi connectivity index (χ4v) is 2.70. The molecule has 6 heteroatoms. The molecule has 1 fully saturated rings. The van der Waals surface area contributed by atoms with Crippen molar-refractivity contribution in [2.24, 2.45) is 5.92 Å². The highest BCUT2D eigenvalue weighted by molar-refractivity contribution is 5.91. The zero-order chi connectivity index (χ0) is 16.1. The Morgan fingerprint density at radius 2 is 1.91 bits per heavy atom. The molecular weight excluding hydrogens is 286 g/mol. The molecule has 1 aliphatic heterocycles. The van der Waals surface area contributed by atoms with Crippen LogP contribution in [0.3, 0.4) is 0 Å². The number of ether oxygens (including phenoxy) is 2. The van der Waals surface area contributed by atoms with Gasteiger partial charge in [0.05, 0.1) is 13.0 Å². The quantitative estimate of drug-likeness (QED) is 0.793. The first-order chi connectivity index (χ1) is 10.5. The minimum atomic E-state index is -0.810. The Labute approximate surface area is 129 Å². The number of amides is 1. The van der Waals surface area contributed by atoms with E-state index in [0.717, 1.165) is 5.56 Å². The van der Waals surface area contributed by atoms with Crippen LogP contribution < -0.4 is 0 Å². The predicted octanol–water partition coefficient (Wildman–Crippen LogP) is 1.78. The summed E-state index contributed by atoms with van der Waals surface area (Å²) >= 11 is 0. The van der Waals surface area contributed by atoms with Gasteiger partial charge in [-0.25, -0.2) is 4.79 Å². The lowest BCUT2D eigenvalue weighted by atomic mass is 9.98. The number of hydrogen-bond acceptors (Lipinski definition) is 5. The average molecular weight is 305 g/mol. The maximum atomic E-state index is 12.2. The largest absolute Gasteiger partial charge is 0.469 e. The van der Waals surface area contributed by atoms with Gasteiger partial charge >= 0.3 is 12.1 Å². The highest BCUT2D eigenvalue weighted by atomic mass is 16.6. The molecule has 2 rings (SSSR count). The minimum Gasteiger partial charge on any atom is -0.469 e. The SMILES string of the molecule is COC(=O)[C@@H]1CCN(C(=O)OCc2ccccc2)[C@@H]1C(C)=O. The molecular formula is C16H19NO5. The van der Waals surface area contributed by atoms with E-state index >= 15 is 0 Å². The maximum Gasteiger partial charge on any atom is 0.410 e. The van der Waals surface area contributed by atoms with E-state index in [-0.39, 0.29) is 12.4 Å². The van der Waals surface area contributed by atoms with Gasteiger partial charge in [0.1, 0.15) is 12.6 Å². The number of ketones is 1. The van der Waals surface area contributed by atoms with Gasteiger partial charge in [0.15, 0.2) is 5.78 Å². The van der Waals surface area contributed by atoms with Crippen molar-refractivity contribution >= 4 is 17.8 Å². The highest BCUT2D eigenvalue weighted by Gasteiger charge is 2.45. The highest BCUT2D eigenvalue weighted by Crippen LogP contribution is 2.27. The van der Waals surface area contributed by atoms with Crippen LogP contribution in [-0.4, -0.2) is 42.4 Å². The monoisotopic (exact) mass is 305 g/mol. The standard InChI is InChI=1S/C16H19NO5/c1-11(18)14-13(15(19)21-2)8-9-17(14)16(20)22-10-12-6-4-3-5-7-12/h3-7,13-14H,8-10H2,1-2H3/t13-,14-/m1/s1. The van der Waals surface area contributed by atoms with Crippen molar-refractivity contribution in [3.8, 4) is 0 Å². The molecule has 0 aliphatic carbocycles. The Hall–Kier alpha value is -2.37. The molecule has 1 aliphatic rings. The number of hydrogen-bond donors (Lipinski definition) is 0. The molecule has 0 radical (unpaired) electrons. The molecule has 2 atom stereocenters. The third-order valence-corrected chi connectivity index (χ3v) is 3.76. The number of likely N-dealkylation sites (tertiary alicyclic amines) is 1. The van der Waals surface area contributed by atoms with Crippen molar-refractivity contribution in [3.05, 3.63) is 35.9 Å². The van der Waals surface area contributed by atoms with E-state index in [4.69, 9.17) is 9.47 Å². The number of Topliss-reactive ketones (excluding diaryl/α,β-unsaturated/α-hetero) is 1. The average Bonchev–Trinajstić information content (AvgIpc) is 2.98. The molecule has 1 saturated heterocycles. The zero-order valence-corrected chi connectivity index (χ0v) is 12.7. The van der Waals surface area contributed by atoms with E-state index in [1.165, 1.54) is 18.9 Å². The van der Waals surface area contributed by atoms with Crippen molar-refractivity contribution in [1.82, 2.24) is 4.90 Å². The summed E-state index contributed by atoms with van der Waals surface area (Å²) in [6.07, 6.45) is -0.187. The summed E-state index contributed by atoms with van der Waals surface area (Å²) in [5.41, 5.74) is 0.860. The van der Waals surface area contributed by atoms with Crippen molar-refractivity contribution in [2.45, 2.75) is 26.0 Å². The van der Waals surface area contributed by atoms with Gasteiger partial charge in [-0.3, -0.25) is 14.5 Å². The number of rotatable bonds is 4. The van der Waals surface area contributed by atoms with Crippen LogP contribution in [0.2, 0.25) is 0 Å². The first-order valence-corrected chi connectivity index (χ1v) is 7.10. The van der Waals surface area contributed by atoms with Crippen molar-refractivity contribution in [2.75, 3.05) is 13.7 Å². The zero-order valence-electron chi connectivity index (χ0n) is 12.7. The molecule has 0 saturated carbocycles. The molecule has 0 N–H and O–H groups in total. The van der Waals surface area contributed by atoms with Crippen molar-refractivity contribution < 1.29 is 23.9 Å². The van der Waals surface area contributed by atoms with Crippen LogP contribution in [0, 0.1) is 5.92 Å². The molecule has 6 nitrogen and oxygen atoms in total. The molecule has 1 heterocycles. The van der Waals surface area contributed by atoms with Crippen LogP contribution in [0.15, 0.2) is 30.3 Å². The molecule has 22 heavy (non-hydrogen) atoms. The smallest absolute Gasteiger partial charge is 0.410 e. The molecule has 1 aromatic rings. The molecule has 0 unspecified atom stereocenters. The Kier molecular flexibility index (Phi) is 5.14. The molecule has 118 valence electrons. The Bertz CT molecular complexity index is 557. The van der Waals surface area contributed by atoms with E-state index in [9.17, 15) is 14.4 Å². The summed E-state index contributed by atoms with van der Waals surface area (Å²) in [6, 6.07) is 8.46. The van der Waals surface area contributed by atoms with Crippen molar-refractivity contribution in [3.63, 3.8) is 0 Å². The van der Waals surface area contributed by atoms with E-state index in [1.807, 2.05) is 30.3 Å². The van der Waals surface area contributed by atoms with Gasteiger partial charge in [-0.15, -0.1) is 0 Å². The lowest BCUT2D eigenvalue weighted by Gasteiger charge is -2.24. The van der Waals surface area contributed by atoms with Gasteiger partial charge in [-0.2, -0.15) is 0 Å². The van der Waals surface area contributed by atoms with Gasteiger partial charge in [-0.1, -0.05) is 30.3 Å². The van der Waals surface area contributed by atoms with E-state index in [0.29, 0.717) is 13.0 Å². The summed E-state index contributed by atoms with van der Waals surface area (Å²) in [6.45, 7) is 1.80. The third-order valence-electron chi connectivity index (χ3n) is 3.76. The minimum absolute atomic E-state index is 0.129. The first-order valence-electron chi connectivity index (χ1n) is 7.10. The van der Waals surface area contributed by atoms with Gasteiger partial charge in [-0.05, 0) is 18.9 Å². The van der Waals surface area contributed by atoms with Crippen molar-refractivity contribution in [1.29, 1.82) is 0 Å². The number of benzene rings is 1. The molecule has 1 amide bonds. The number of carbonyl (C=O) groups is 3. The molecule has 0 bridgehead atoms. The van der Waals surface area contributed by atoms with Crippen LogP contribution in [0.25, 0.3) is 0 Å². The van der Waals surface area contributed by atoms with Crippen LogP contribution in [-0.2, 0) is 25.7 Å². The number of methoxy groups -OCH3 is 1. The topological polar surface area (TPSA) is 72.9 Å². The van der Waals surface area contributed by atoms with Gasteiger partial charge in [0.25, 0.3) is 0 Å². The third kappa shape index (κ3) is 3.44. The lowest BCUT2D eigenvalue weighted by Crippen LogP contribution is -2.44. The number of nitrogens with zero attached hydrogens (tertiary/aromatic N) is 1. The molecule has 0 aromatic heterocycles. The van der Waals surface area contributed by atoms with Gasteiger partial charge in [0, 0.05) is 6.54 Å². The molecule has 1 aromatic carbocycles. The Morgan fingerprint density at radius 3 is 2.50 bits per heavy atom. The summed E-state index contributed by atoms with van der Waals surface area (Å²) in [5.74, 6) is -1.34. The van der Waals surface area contributed by atoms with Crippen LogP contribution in [0.1, 0.15) is 18.9 Å². The lowest BCUT2D eigenvalue weighted by molar-refractivity contribution is -0.148. The predicted molar refractivity (Wildman–Crippen MR) is 77.9 cm³/mol. The van der Waals surface area contributed by atoms with E-state index < -0.39 is 24.0 Å². The normalized spacial score (nSPS) is 20.5. The van der Waals surface area contributed by atoms with E-state index in [1.54, 1.807) is 0 Å². The summed E-state index contributed by atoms with van der Waals surface area (Å²) < 4.78 is 9.94. The fraction of sp³-hybridized carbons (Fsp3) is 0.438. The molecule has 0 spiro atoms. The second-order valence-corrected chi connectivity index (χ2v) is 5.21. The summed E-state index contributed by atoms with van der Waals surface area (Å²) in [7, 11) is 1.27. The number of carbonyl (C=O) groups excluding carboxylic acids is 3. The Morgan fingerprint density at radius 1 is 1.23 bits per heavy atom. The first kappa shape index (κ1) is 16.0. The Balaban J connectivity index is 2.02. The summed E-state index contributed by atoms with van der Waals surface area (Å²) in [4.78, 5) is 37.0. The van der Waals surface area contributed by atoms with E-state index in [2.05, 4.69) is 0 Å². The number of esters is 1. The second-order valence-electron chi connectivity index (χ2n) is 5.21.